The molecule has 1 spiro atoms. The van der Waals surface area contributed by atoms with Crippen LogP contribution in [0.25, 0.3) is 0 Å². The summed E-state index contributed by atoms with van der Waals surface area (Å²) in [6.07, 6.45) is 3.05. The first-order valence-corrected chi connectivity index (χ1v) is 12.4. The number of likely N-dealkylation sites (tertiary alicyclic amines) is 1. The van der Waals surface area contributed by atoms with Crippen molar-refractivity contribution in [2.75, 3.05) is 26.8 Å². The van der Waals surface area contributed by atoms with E-state index in [9.17, 15) is 14.4 Å². The molecule has 1 aromatic heterocycles. The van der Waals surface area contributed by atoms with Gasteiger partial charge in [-0.05, 0) is 42.3 Å². The Labute approximate surface area is 211 Å². The molecule has 2 aliphatic heterocycles. The molecule has 2 aromatic rings. The van der Waals surface area contributed by atoms with Gasteiger partial charge in [0.15, 0.2) is 0 Å². The lowest BCUT2D eigenvalue weighted by Crippen LogP contribution is -2.59. The van der Waals surface area contributed by atoms with Crippen molar-refractivity contribution >= 4 is 17.7 Å². The number of piperidine rings is 1. The Kier molecular flexibility index (Phi) is 7.88. The van der Waals surface area contributed by atoms with Crippen LogP contribution >= 0.6 is 0 Å². The zero-order valence-corrected chi connectivity index (χ0v) is 21.1. The molecular weight excluding hydrogens is 460 g/mol. The van der Waals surface area contributed by atoms with E-state index in [2.05, 4.69) is 10.3 Å². The molecule has 0 radical (unpaired) electrons. The maximum absolute atomic E-state index is 13.8. The van der Waals surface area contributed by atoms with Crippen LogP contribution in [0.5, 0.6) is 5.75 Å². The Bertz CT molecular complexity index is 1070. The Morgan fingerprint density at radius 2 is 1.86 bits per heavy atom. The van der Waals surface area contributed by atoms with Gasteiger partial charge >= 0.3 is 0 Å². The van der Waals surface area contributed by atoms with E-state index in [0.717, 1.165) is 5.69 Å². The van der Waals surface area contributed by atoms with Crippen molar-refractivity contribution in [3.63, 3.8) is 0 Å². The van der Waals surface area contributed by atoms with E-state index < -0.39 is 11.8 Å². The monoisotopic (exact) mass is 494 g/mol. The molecular formula is C27H34N4O5. The van der Waals surface area contributed by atoms with Crippen molar-refractivity contribution < 1.29 is 23.9 Å². The molecule has 1 aromatic carbocycles. The minimum Gasteiger partial charge on any atom is -0.497 e. The number of pyridine rings is 1. The molecule has 3 amide bonds. The summed E-state index contributed by atoms with van der Waals surface area (Å²) in [5, 5.41) is 2.91. The number of aromatic nitrogens is 1. The highest BCUT2D eigenvalue weighted by Gasteiger charge is 2.54. The smallest absolute Gasteiger partial charge is 0.256 e. The number of nitrogens with zero attached hydrogens (tertiary/aromatic N) is 3. The predicted molar refractivity (Wildman–Crippen MR) is 133 cm³/mol. The first-order chi connectivity index (χ1) is 17.3. The lowest BCUT2D eigenvalue weighted by Gasteiger charge is -2.44. The van der Waals surface area contributed by atoms with E-state index in [-0.39, 0.29) is 36.8 Å². The molecule has 36 heavy (non-hydrogen) atoms. The number of carbonyl (C=O) groups excluding carboxylic acids is 3. The number of benzene rings is 1. The van der Waals surface area contributed by atoms with E-state index in [1.807, 2.05) is 36.9 Å². The Morgan fingerprint density at radius 1 is 1.14 bits per heavy atom. The van der Waals surface area contributed by atoms with Gasteiger partial charge in [-0.25, -0.2) is 0 Å². The summed E-state index contributed by atoms with van der Waals surface area (Å²) in [5.41, 5.74) is 0.226. The van der Waals surface area contributed by atoms with Crippen LogP contribution in [0.2, 0.25) is 0 Å². The van der Waals surface area contributed by atoms with Gasteiger partial charge < -0.3 is 19.7 Å². The van der Waals surface area contributed by atoms with Gasteiger partial charge in [0.1, 0.15) is 17.5 Å². The molecule has 2 fully saturated rings. The number of hydrogen-bond donors (Lipinski definition) is 1. The normalized spacial score (nSPS) is 18.9. The van der Waals surface area contributed by atoms with Crippen LogP contribution in [-0.2, 0) is 20.9 Å². The van der Waals surface area contributed by atoms with Gasteiger partial charge in [-0.15, -0.1) is 0 Å². The van der Waals surface area contributed by atoms with Gasteiger partial charge in [-0.3, -0.25) is 24.3 Å². The molecule has 192 valence electrons. The van der Waals surface area contributed by atoms with Crippen molar-refractivity contribution in [1.29, 1.82) is 0 Å². The summed E-state index contributed by atoms with van der Waals surface area (Å²) in [5.74, 6) is 0.445. The largest absolute Gasteiger partial charge is 0.497 e. The highest BCUT2D eigenvalue weighted by Crippen LogP contribution is 2.39. The maximum Gasteiger partial charge on any atom is 0.256 e. The number of ether oxygens (including phenoxy) is 2. The van der Waals surface area contributed by atoms with Crippen molar-refractivity contribution in [2.24, 2.45) is 5.92 Å². The maximum atomic E-state index is 13.8. The molecule has 0 aliphatic carbocycles. The molecule has 3 heterocycles. The third kappa shape index (κ3) is 5.51. The molecule has 2 aliphatic rings. The van der Waals surface area contributed by atoms with Gasteiger partial charge in [0.2, 0.25) is 11.8 Å². The summed E-state index contributed by atoms with van der Waals surface area (Å²) in [7, 11) is 1.57. The van der Waals surface area contributed by atoms with E-state index >= 15 is 0 Å². The number of nitrogens with one attached hydrogen (secondary N) is 1. The summed E-state index contributed by atoms with van der Waals surface area (Å²) in [4.78, 5) is 47.4. The highest BCUT2D eigenvalue weighted by atomic mass is 16.5. The average Bonchev–Trinajstić information content (AvgIpc) is 3.26. The van der Waals surface area contributed by atoms with Crippen LogP contribution in [-0.4, -0.2) is 71.1 Å². The zero-order valence-electron chi connectivity index (χ0n) is 21.1. The van der Waals surface area contributed by atoms with Crippen LogP contribution in [0.1, 0.15) is 49.2 Å². The number of carbonyl (C=O) groups is 3. The van der Waals surface area contributed by atoms with Crippen LogP contribution < -0.4 is 10.1 Å². The van der Waals surface area contributed by atoms with Gasteiger partial charge in [0.25, 0.3) is 5.91 Å². The quantitative estimate of drug-likeness (QED) is 0.635. The second kappa shape index (κ2) is 11.1. The number of amides is 3. The third-order valence-corrected chi connectivity index (χ3v) is 6.77. The van der Waals surface area contributed by atoms with Gasteiger partial charge in [0, 0.05) is 44.1 Å². The molecule has 1 atom stereocenters. The Morgan fingerprint density at radius 3 is 2.47 bits per heavy atom. The summed E-state index contributed by atoms with van der Waals surface area (Å²) < 4.78 is 11.5. The molecule has 1 N–H and O–H groups in total. The molecule has 4 rings (SSSR count). The fourth-order valence-electron chi connectivity index (χ4n) is 4.82. The van der Waals surface area contributed by atoms with E-state index in [4.69, 9.17) is 9.47 Å². The first kappa shape index (κ1) is 25.6. The third-order valence-electron chi connectivity index (χ3n) is 6.77. The number of methoxy groups -OCH3 is 1. The summed E-state index contributed by atoms with van der Waals surface area (Å²) in [6, 6.07) is 11.5. The fourth-order valence-corrected chi connectivity index (χ4v) is 4.82. The Balaban J connectivity index is 1.55. The SMILES string of the molecule is COc1ccc(C(=O)N2[C@H](C(=O)NCc3ccccn3)COC23CCN(C(=O)CC(C)C)CC3)cc1. The second-order valence-electron chi connectivity index (χ2n) is 9.69. The second-order valence-corrected chi connectivity index (χ2v) is 9.69. The van der Waals surface area contributed by atoms with Crippen molar-refractivity contribution in [3.05, 3.63) is 59.9 Å². The number of hydrogen-bond acceptors (Lipinski definition) is 6. The van der Waals surface area contributed by atoms with Gasteiger partial charge in [0.05, 0.1) is 26.0 Å². The molecule has 9 heteroatoms. The highest BCUT2D eigenvalue weighted by molar-refractivity contribution is 5.98. The predicted octanol–water partition coefficient (Wildman–Crippen LogP) is 2.61. The van der Waals surface area contributed by atoms with Crippen LogP contribution in [0, 0.1) is 5.92 Å². The summed E-state index contributed by atoms with van der Waals surface area (Å²) >= 11 is 0. The van der Waals surface area contributed by atoms with Crippen molar-refractivity contribution in [2.45, 2.75) is 51.4 Å². The van der Waals surface area contributed by atoms with Crippen LogP contribution in [0.3, 0.4) is 0 Å². The number of rotatable bonds is 7. The zero-order chi connectivity index (χ0) is 25.7. The molecule has 9 nitrogen and oxygen atoms in total. The van der Waals surface area contributed by atoms with E-state index in [1.165, 1.54) is 0 Å². The van der Waals surface area contributed by atoms with E-state index in [0.29, 0.717) is 43.7 Å². The molecule has 0 saturated carbocycles. The molecule has 0 bridgehead atoms. The Hall–Kier alpha value is -3.46. The van der Waals surface area contributed by atoms with Crippen LogP contribution in [0.15, 0.2) is 48.7 Å². The molecule has 2 saturated heterocycles. The van der Waals surface area contributed by atoms with Gasteiger partial charge in [-0.1, -0.05) is 19.9 Å². The van der Waals surface area contributed by atoms with Crippen LogP contribution in [0.4, 0.5) is 0 Å². The van der Waals surface area contributed by atoms with Crippen molar-refractivity contribution in [3.8, 4) is 5.75 Å². The lowest BCUT2D eigenvalue weighted by molar-refractivity contribution is -0.144. The van der Waals surface area contributed by atoms with E-state index in [1.54, 1.807) is 42.5 Å². The minimum absolute atomic E-state index is 0.0931. The summed E-state index contributed by atoms with van der Waals surface area (Å²) in [6.45, 7) is 5.33. The fraction of sp³-hybridized carbons (Fsp3) is 0.481. The topological polar surface area (TPSA) is 101 Å². The standard InChI is InChI=1S/C27H34N4O5/c1-19(2)16-24(32)30-14-11-27(12-15-30)31(26(34)20-7-9-22(35-3)10-8-20)23(18-36-27)25(33)29-17-21-6-4-5-13-28-21/h4-10,13,19,23H,11-12,14-18H2,1-3H3,(H,29,33)/t23-/m0/s1. The minimum atomic E-state index is -0.946. The van der Waals surface area contributed by atoms with Gasteiger partial charge in [-0.2, -0.15) is 0 Å². The molecule has 0 unspecified atom stereocenters. The van der Waals surface area contributed by atoms with Crippen molar-refractivity contribution in [1.82, 2.24) is 20.1 Å². The first-order valence-electron chi connectivity index (χ1n) is 12.4. The lowest BCUT2D eigenvalue weighted by atomic mass is 9.96. The average molecular weight is 495 g/mol.